The van der Waals surface area contributed by atoms with Crippen LogP contribution < -0.4 is 5.32 Å². The number of aliphatic hydroxyl groups excluding tert-OH is 2. The lowest BCUT2D eigenvalue weighted by Gasteiger charge is -2.24. The zero-order valence-corrected chi connectivity index (χ0v) is 8.65. The summed E-state index contributed by atoms with van der Waals surface area (Å²) in [6, 6.07) is 0. The molecule has 0 aliphatic heterocycles. The third kappa shape index (κ3) is 4.98. The Morgan fingerprint density at radius 1 is 1.33 bits per heavy atom. The molecule has 0 bridgehead atoms. The van der Waals surface area contributed by atoms with Gasteiger partial charge in [0, 0.05) is 24.3 Å². The van der Waals surface area contributed by atoms with Gasteiger partial charge >= 0.3 is 0 Å². The fourth-order valence-electron chi connectivity index (χ4n) is 0.726. The van der Waals surface area contributed by atoms with Crippen LogP contribution >= 0.6 is 11.8 Å². The molecule has 0 unspecified atom stereocenters. The van der Waals surface area contributed by atoms with E-state index in [1.165, 1.54) is 0 Å². The number of thioether (sulfide) groups is 1. The molecule has 0 aliphatic rings. The van der Waals surface area contributed by atoms with Gasteiger partial charge in [-0.05, 0) is 6.26 Å². The molecule has 0 radical (unpaired) electrons. The predicted molar refractivity (Wildman–Crippen MR) is 53.5 cm³/mol. The minimum Gasteiger partial charge on any atom is -0.396 e. The fourth-order valence-corrected chi connectivity index (χ4v) is 1.07. The summed E-state index contributed by atoms with van der Waals surface area (Å²) in [4.78, 5) is 0. The Morgan fingerprint density at radius 2 is 1.92 bits per heavy atom. The minimum absolute atomic E-state index is 0.0236. The summed E-state index contributed by atoms with van der Waals surface area (Å²) < 4.78 is 0. The number of nitrogens with one attached hydrogen (secondary N) is 1. The summed E-state index contributed by atoms with van der Waals surface area (Å²) in [5, 5.41) is 21.1. The van der Waals surface area contributed by atoms with Crippen molar-refractivity contribution in [2.24, 2.45) is 5.41 Å². The van der Waals surface area contributed by atoms with Gasteiger partial charge in [0.15, 0.2) is 0 Å². The molecule has 3 nitrogen and oxygen atoms in total. The van der Waals surface area contributed by atoms with Crippen LogP contribution in [0.1, 0.15) is 6.92 Å². The first kappa shape index (κ1) is 12.2. The van der Waals surface area contributed by atoms with E-state index in [1.54, 1.807) is 11.8 Å². The Labute approximate surface area is 78.6 Å². The standard InChI is InChI=1S/C8H19NO2S/c1-8(6-10,7-11)5-9-3-4-12-2/h9-11H,3-7H2,1-2H3. The second-order valence-corrected chi connectivity index (χ2v) is 4.28. The topological polar surface area (TPSA) is 52.5 Å². The van der Waals surface area contributed by atoms with Crippen molar-refractivity contribution in [2.75, 3.05) is 38.3 Å². The molecule has 3 N–H and O–H groups in total. The molecule has 0 aromatic carbocycles. The SMILES string of the molecule is CSCCNCC(C)(CO)CO. The average Bonchev–Trinajstić information content (AvgIpc) is 2.12. The Morgan fingerprint density at radius 3 is 2.33 bits per heavy atom. The Balaban J connectivity index is 3.45. The van der Waals surface area contributed by atoms with E-state index in [1.807, 2.05) is 6.92 Å². The molecule has 0 heterocycles. The molecular weight excluding hydrogens is 174 g/mol. The summed E-state index contributed by atoms with van der Waals surface area (Å²) >= 11 is 1.78. The van der Waals surface area contributed by atoms with E-state index in [9.17, 15) is 0 Å². The molecule has 0 rings (SSSR count). The molecule has 74 valence electrons. The second kappa shape index (κ2) is 6.71. The van der Waals surface area contributed by atoms with Crippen LogP contribution in [0.2, 0.25) is 0 Å². The largest absolute Gasteiger partial charge is 0.396 e. The summed E-state index contributed by atoms with van der Waals surface area (Å²) in [6.07, 6.45) is 2.05. The van der Waals surface area contributed by atoms with Crippen molar-refractivity contribution in [3.63, 3.8) is 0 Å². The second-order valence-electron chi connectivity index (χ2n) is 3.30. The van der Waals surface area contributed by atoms with Crippen LogP contribution in [0.5, 0.6) is 0 Å². The van der Waals surface area contributed by atoms with Crippen molar-refractivity contribution in [3.8, 4) is 0 Å². The fraction of sp³-hybridized carbons (Fsp3) is 1.00. The van der Waals surface area contributed by atoms with Gasteiger partial charge in [0.2, 0.25) is 0 Å². The van der Waals surface area contributed by atoms with Crippen LogP contribution in [0.25, 0.3) is 0 Å². The van der Waals surface area contributed by atoms with E-state index in [0.29, 0.717) is 6.54 Å². The molecule has 0 aliphatic carbocycles. The van der Waals surface area contributed by atoms with Crippen LogP contribution in [0.3, 0.4) is 0 Å². The summed E-state index contributed by atoms with van der Waals surface area (Å²) in [7, 11) is 0. The molecule has 0 aromatic rings. The van der Waals surface area contributed by atoms with Gasteiger partial charge in [-0.2, -0.15) is 11.8 Å². The number of aliphatic hydroxyl groups is 2. The van der Waals surface area contributed by atoms with Gasteiger partial charge in [-0.1, -0.05) is 6.92 Å². The van der Waals surface area contributed by atoms with Gasteiger partial charge in [-0.15, -0.1) is 0 Å². The van der Waals surface area contributed by atoms with Crippen molar-refractivity contribution < 1.29 is 10.2 Å². The van der Waals surface area contributed by atoms with E-state index in [2.05, 4.69) is 11.6 Å². The summed E-state index contributed by atoms with van der Waals surface area (Å²) in [5.41, 5.74) is -0.377. The Kier molecular flexibility index (Phi) is 6.84. The highest BCUT2D eigenvalue weighted by molar-refractivity contribution is 7.98. The van der Waals surface area contributed by atoms with E-state index < -0.39 is 0 Å². The number of rotatable bonds is 7. The molecule has 0 atom stereocenters. The van der Waals surface area contributed by atoms with Crippen LogP contribution in [0.15, 0.2) is 0 Å². The van der Waals surface area contributed by atoms with E-state index in [-0.39, 0.29) is 18.6 Å². The van der Waals surface area contributed by atoms with Crippen LogP contribution in [0, 0.1) is 5.41 Å². The molecule has 0 aromatic heterocycles. The van der Waals surface area contributed by atoms with Gasteiger partial charge in [-0.3, -0.25) is 0 Å². The lowest BCUT2D eigenvalue weighted by atomic mass is 9.93. The number of hydrogen-bond donors (Lipinski definition) is 3. The van der Waals surface area contributed by atoms with Crippen LogP contribution in [0.4, 0.5) is 0 Å². The molecule has 0 spiro atoms. The highest BCUT2D eigenvalue weighted by Gasteiger charge is 2.21. The Hall–Kier alpha value is 0.230. The van der Waals surface area contributed by atoms with Crippen molar-refractivity contribution in [1.82, 2.24) is 5.32 Å². The Bertz CT molecular complexity index is 107. The maximum atomic E-state index is 8.94. The zero-order valence-electron chi connectivity index (χ0n) is 7.84. The number of hydrogen-bond acceptors (Lipinski definition) is 4. The third-order valence-electron chi connectivity index (χ3n) is 1.80. The molecule has 12 heavy (non-hydrogen) atoms. The first-order chi connectivity index (χ1) is 5.68. The quantitative estimate of drug-likeness (QED) is 0.495. The van der Waals surface area contributed by atoms with Gasteiger partial charge in [0.05, 0.1) is 13.2 Å². The van der Waals surface area contributed by atoms with Crippen LogP contribution in [-0.4, -0.2) is 48.5 Å². The monoisotopic (exact) mass is 193 g/mol. The first-order valence-corrected chi connectivity index (χ1v) is 5.49. The predicted octanol–water partition coefficient (Wildman–Crippen LogP) is -0.0701. The molecular formula is C8H19NO2S. The average molecular weight is 193 g/mol. The van der Waals surface area contributed by atoms with Gasteiger partial charge in [0.25, 0.3) is 0 Å². The van der Waals surface area contributed by atoms with Gasteiger partial charge < -0.3 is 15.5 Å². The lowest BCUT2D eigenvalue weighted by Crippen LogP contribution is -2.38. The van der Waals surface area contributed by atoms with E-state index >= 15 is 0 Å². The van der Waals surface area contributed by atoms with Crippen LogP contribution in [-0.2, 0) is 0 Å². The molecule has 0 amide bonds. The molecule has 0 fully saturated rings. The summed E-state index contributed by atoms with van der Waals surface area (Å²) in [5.74, 6) is 1.06. The molecule has 4 heteroatoms. The summed E-state index contributed by atoms with van der Waals surface area (Å²) in [6.45, 7) is 3.50. The first-order valence-electron chi connectivity index (χ1n) is 4.10. The normalized spacial score (nSPS) is 12.0. The van der Waals surface area contributed by atoms with Crippen molar-refractivity contribution in [1.29, 1.82) is 0 Å². The zero-order chi connectivity index (χ0) is 9.45. The molecule has 0 saturated heterocycles. The highest BCUT2D eigenvalue weighted by atomic mass is 32.2. The van der Waals surface area contributed by atoms with E-state index in [0.717, 1.165) is 12.3 Å². The van der Waals surface area contributed by atoms with E-state index in [4.69, 9.17) is 10.2 Å². The molecule has 0 saturated carbocycles. The van der Waals surface area contributed by atoms with Gasteiger partial charge in [0.1, 0.15) is 0 Å². The smallest absolute Gasteiger partial charge is 0.0518 e. The minimum atomic E-state index is -0.377. The van der Waals surface area contributed by atoms with Gasteiger partial charge in [-0.25, -0.2) is 0 Å². The highest BCUT2D eigenvalue weighted by Crippen LogP contribution is 2.11. The van der Waals surface area contributed by atoms with Crippen molar-refractivity contribution in [3.05, 3.63) is 0 Å². The maximum Gasteiger partial charge on any atom is 0.0518 e. The van der Waals surface area contributed by atoms with Crippen molar-refractivity contribution >= 4 is 11.8 Å². The van der Waals surface area contributed by atoms with Crippen molar-refractivity contribution in [2.45, 2.75) is 6.92 Å². The lowest BCUT2D eigenvalue weighted by molar-refractivity contribution is 0.0703. The third-order valence-corrected chi connectivity index (χ3v) is 2.41. The maximum absolute atomic E-state index is 8.94.